The monoisotopic (exact) mass is 396 g/mol. The molecule has 0 saturated heterocycles. The van der Waals surface area contributed by atoms with Crippen LogP contribution in [0.4, 0.5) is 10.5 Å². The molecule has 29 heavy (non-hydrogen) atoms. The Morgan fingerprint density at radius 2 is 2.03 bits per heavy atom. The van der Waals surface area contributed by atoms with Crippen LogP contribution in [0.15, 0.2) is 60.9 Å². The van der Waals surface area contributed by atoms with Gasteiger partial charge in [-0.1, -0.05) is 36.4 Å². The molecule has 2 aromatic carbocycles. The first-order chi connectivity index (χ1) is 14.2. The molecule has 1 heterocycles. The Morgan fingerprint density at radius 3 is 2.72 bits per heavy atom. The zero-order valence-corrected chi connectivity index (χ0v) is 15.9. The van der Waals surface area contributed by atoms with E-state index in [0.717, 1.165) is 16.7 Å². The Labute approximate surface area is 168 Å². The minimum atomic E-state index is -0.632. The number of rotatable bonds is 9. The van der Waals surface area contributed by atoms with Crippen molar-refractivity contribution in [3.05, 3.63) is 66.5 Å². The molecular formula is C21H24N4O4. The summed E-state index contributed by atoms with van der Waals surface area (Å²) in [5, 5.41) is 18.4. The highest BCUT2D eigenvalue weighted by Gasteiger charge is 2.17. The Morgan fingerprint density at radius 1 is 1.21 bits per heavy atom. The number of nitrogens with two attached hydrogens (primary N) is 1. The summed E-state index contributed by atoms with van der Waals surface area (Å²) >= 11 is 0. The summed E-state index contributed by atoms with van der Waals surface area (Å²) in [6.45, 7) is 0.489. The minimum Gasteiger partial charge on any atom is -0.491 e. The fourth-order valence-corrected chi connectivity index (χ4v) is 2.77. The van der Waals surface area contributed by atoms with Gasteiger partial charge in [-0.2, -0.15) is 5.10 Å². The van der Waals surface area contributed by atoms with Gasteiger partial charge in [-0.15, -0.1) is 0 Å². The molecule has 1 atom stereocenters. The molecule has 0 aliphatic heterocycles. The summed E-state index contributed by atoms with van der Waals surface area (Å²) in [7, 11) is 0. The van der Waals surface area contributed by atoms with Gasteiger partial charge < -0.3 is 20.3 Å². The fraction of sp³-hybridized carbons (Fsp3) is 0.238. The van der Waals surface area contributed by atoms with Gasteiger partial charge in [0.2, 0.25) is 0 Å². The van der Waals surface area contributed by atoms with Crippen LogP contribution in [0.5, 0.6) is 5.75 Å². The van der Waals surface area contributed by atoms with Crippen LogP contribution in [-0.4, -0.2) is 41.2 Å². The molecule has 8 nitrogen and oxygen atoms in total. The molecule has 3 aromatic rings. The number of benzene rings is 2. The van der Waals surface area contributed by atoms with Gasteiger partial charge in [-0.05, 0) is 23.3 Å². The average Bonchev–Trinajstić information content (AvgIpc) is 3.29. The zero-order chi connectivity index (χ0) is 20.5. The number of aliphatic hydroxyl groups is 1. The topological polar surface area (TPSA) is 122 Å². The second-order valence-corrected chi connectivity index (χ2v) is 6.29. The third-order valence-electron chi connectivity index (χ3n) is 4.24. The lowest BCUT2D eigenvalue weighted by molar-refractivity contribution is 0.115. The summed E-state index contributed by atoms with van der Waals surface area (Å²) in [6, 6.07) is 14.7. The summed E-state index contributed by atoms with van der Waals surface area (Å²) in [5.74, 6) is 0.470. The number of ether oxygens (including phenoxy) is 2. The van der Waals surface area contributed by atoms with Crippen LogP contribution >= 0.6 is 0 Å². The maximum atomic E-state index is 12.5. The summed E-state index contributed by atoms with van der Waals surface area (Å²) in [6.07, 6.45) is 2.75. The predicted molar refractivity (Wildman–Crippen MR) is 110 cm³/mol. The lowest BCUT2D eigenvalue weighted by Crippen LogP contribution is -2.23. The van der Waals surface area contributed by atoms with Gasteiger partial charge in [0, 0.05) is 31.3 Å². The summed E-state index contributed by atoms with van der Waals surface area (Å²) in [5.41, 5.74) is 8.81. The van der Waals surface area contributed by atoms with E-state index in [9.17, 15) is 4.79 Å². The first-order valence-electron chi connectivity index (χ1n) is 9.30. The molecule has 0 radical (unpaired) electrons. The first kappa shape index (κ1) is 20.4. The lowest BCUT2D eigenvalue weighted by atomic mass is 10.1. The molecule has 0 aliphatic rings. The number of aromatic amines is 1. The summed E-state index contributed by atoms with van der Waals surface area (Å²) in [4.78, 5) is 12.5. The number of hydrogen-bond donors (Lipinski definition) is 4. The molecule has 0 saturated carbocycles. The van der Waals surface area contributed by atoms with Crippen LogP contribution in [0.1, 0.15) is 18.1 Å². The molecule has 5 N–H and O–H groups in total. The van der Waals surface area contributed by atoms with E-state index in [1.54, 1.807) is 24.5 Å². The van der Waals surface area contributed by atoms with E-state index in [0.29, 0.717) is 24.5 Å². The van der Waals surface area contributed by atoms with Gasteiger partial charge in [-0.25, -0.2) is 4.79 Å². The van der Waals surface area contributed by atoms with E-state index in [1.807, 2.05) is 36.4 Å². The summed E-state index contributed by atoms with van der Waals surface area (Å²) < 4.78 is 11.2. The smallest absolute Gasteiger partial charge is 0.412 e. The van der Waals surface area contributed by atoms with Crippen molar-refractivity contribution in [1.29, 1.82) is 0 Å². The van der Waals surface area contributed by atoms with E-state index in [1.165, 1.54) is 0 Å². The SMILES string of the molecule is NCC(OC(=O)Nc1ccc(-c2cn[nH]c2)cc1OCCCO)c1ccccc1. The Balaban J connectivity index is 1.74. The maximum absolute atomic E-state index is 12.5. The van der Waals surface area contributed by atoms with Crippen LogP contribution < -0.4 is 15.8 Å². The molecule has 3 rings (SSSR count). The predicted octanol–water partition coefficient (Wildman–Crippen LogP) is 3.09. The Kier molecular flexibility index (Phi) is 7.21. The number of hydrogen-bond acceptors (Lipinski definition) is 6. The molecule has 1 aromatic heterocycles. The molecule has 0 bridgehead atoms. The number of carbonyl (C=O) groups is 1. The third-order valence-corrected chi connectivity index (χ3v) is 4.24. The van der Waals surface area contributed by atoms with E-state index >= 15 is 0 Å². The second-order valence-electron chi connectivity index (χ2n) is 6.29. The van der Waals surface area contributed by atoms with Crippen molar-refractivity contribution in [2.75, 3.05) is 25.1 Å². The van der Waals surface area contributed by atoms with Crippen LogP contribution in [-0.2, 0) is 4.74 Å². The number of amides is 1. The molecular weight excluding hydrogens is 372 g/mol. The van der Waals surface area contributed by atoms with Crippen LogP contribution in [0.25, 0.3) is 11.1 Å². The number of carbonyl (C=O) groups excluding carboxylic acids is 1. The van der Waals surface area contributed by atoms with Crippen molar-refractivity contribution in [1.82, 2.24) is 10.2 Å². The molecule has 152 valence electrons. The van der Waals surface area contributed by atoms with Crippen molar-refractivity contribution in [2.24, 2.45) is 5.73 Å². The average molecular weight is 396 g/mol. The Bertz CT molecular complexity index is 900. The van der Waals surface area contributed by atoms with Crippen molar-refractivity contribution < 1.29 is 19.4 Å². The molecule has 1 unspecified atom stereocenters. The standard InChI is InChI=1S/C21H24N4O4/c22-12-20(15-5-2-1-3-6-15)29-21(27)25-18-8-7-16(17-13-23-24-14-17)11-19(18)28-10-4-9-26/h1-3,5-8,11,13-14,20,26H,4,9-10,12,22H2,(H,23,24)(H,25,27). The van der Waals surface area contributed by atoms with E-state index < -0.39 is 12.2 Å². The van der Waals surface area contributed by atoms with Crippen LogP contribution in [0.2, 0.25) is 0 Å². The maximum Gasteiger partial charge on any atom is 0.412 e. The third kappa shape index (κ3) is 5.56. The number of nitrogens with zero attached hydrogens (tertiary/aromatic N) is 1. The highest BCUT2D eigenvalue weighted by atomic mass is 16.6. The highest BCUT2D eigenvalue weighted by Crippen LogP contribution is 2.31. The molecule has 0 spiro atoms. The van der Waals surface area contributed by atoms with Crippen LogP contribution in [0, 0.1) is 0 Å². The van der Waals surface area contributed by atoms with Gasteiger partial charge in [0.1, 0.15) is 11.9 Å². The fourth-order valence-electron chi connectivity index (χ4n) is 2.77. The Hall–Kier alpha value is -3.36. The molecule has 8 heteroatoms. The largest absolute Gasteiger partial charge is 0.491 e. The molecule has 0 fully saturated rings. The van der Waals surface area contributed by atoms with E-state index in [2.05, 4.69) is 15.5 Å². The molecule has 1 amide bonds. The number of H-pyrrole nitrogens is 1. The minimum absolute atomic E-state index is 0.0154. The van der Waals surface area contributed by atoms with Crippen molar-refractivity contribution in [3.63, 3.8) is 0 Å². The van der Waals surface area contributed by atoms with Gasteiger partial charge in [-0.3, -0.25) is 10.4 Å². The van der Waals surface area contributed by atoms with Gasteiger partial charge in [0.05, 0.1) is 18.5 Å². The quantitative estimate of drug-likeness (QED) is 0.412. The molecule has 0 aliphatic carbocycles. The number of nitrogens with one attached hydrogen (secondary N) is 2. The van der Waals surface area contributed by atoms with Gasteiger partial charge in [0.25, 0.3) is 0 Å². The van der Waals surface area contributed by atoms with Crippen molar-refractivity contribution in [2.45, 2.75) is 12.5 Å². The number of aliphatic hydroxyl groups excluding tert-OH is 1. The van der Waals surface area contributed by atoms with Crippen LogP contribution in [0.3, 0.4) is 0 Å². The highest BCUT2D eigenvalue weighted by molar-refractivity contribution is 5.88. The van der Waals surface area contributed by atoms with Gasteiger partial charge >= 0.3 is 6.09 Å². The lowest BCUT2D eigenvalue weighted by Gasteiger charge is -2.18. The zero-order valence-electron chi connectivity index (χ0n) is 15.9. The van der Waals surface area contributed by atoms with E-state index in [4.69, 9.17) is 20.3 Å². The first-order valence-corrected chi connectivity index (χ1v) is 9.30. The number of aromatic nitrogens is 2. The van der Waals surface area contributed by atoms with Gasteiger partial charge in [0.15, 0.2) is 0 Å². The second kappa shape index (κ2) is 10.3. The van der Waals surface area contributed by atoms with Crippen molar-refractivity contribution >= 4 is 11.8 Å². The van der Waals surface area contributed by atoms with E-state index in [-0.39, 0.29) is 13.2 Å². The normalized spacial score (nSPS) is 11.7. The van der Waals surface area contributed by atoms with Crippen molar-refractivity contribution in [3.8, 4) is 16.9 Å². The number of anilines is 1.